The van der Waals surface area contributed by atoms with Crippen LogP contribution in [0.25, 0.3) is 33.2 Å². The minimum Gasteiger partial charge on any atom is -0.480 e. The van der Waals surface area contributed by atoms with E-state index in [1.807, 2.05) is 66.7 Å². The van der Waals surface area contributed by atoms with Gasteiger partial charge in [0.25, 0.3) is 0 Å². The second-order valence-electron chi connectivity index (χ2n) is 10.5. The Bertz CT molecular complexity index is 2040. The van der Waals surface area contributed by atoms with Gasteiger partial charge in [-0.25, -0.2) is 12.8 Å². The fourth-order valence-corrected chi connectivity index (χ4v) is 6.57. The molecule has 5 aromatic carbocycles. The zero-order chi connectivity index (χ0) is 30.7. The Morgan fingerprint density at radius 2 is 1.34 bits per heavy atom. The first-order chi connectivity index (χ1) is 21.3. The van der Waals surface area contributed by atoms with E-state index in [9.17, 15) is 18.3 Å². The molecule has 8 heteroatoms. The summed E-state index contributed by atoms with van der Waals surface area (Å²) in [5.74, 6) is -1.49. The molecule has 0 amide bonds. The van der Waals surface area contributed by atoms with E-state index in [2.05, 4.69) is 16.9 Å². The zero-order valence-corrected chi connectivity index (χ0v) is 24.3. The van der Waals surface area contributed by atoms with Crippen molar-refractivity contribution in [3.8, 4) is 22.3 Å². The van der Waals surface area contributed by atoms with Crippen LogP contribution < -0.4 is 4.72 Å². The molecule has 1 unspecified atom stereocenters. The number of halogens is 1. The van der Waals surface area contributed by atoms with E-state index in [1.165, 1.54) is 6.07 Å². The predicted octanol–water partition coefficient (Wildman–Crippen LogP) is 7.47. The lowest BCUT2D eigenvalue weighted by Gasteiger charge is -2.16. The molecule has 0 spiro atoms. The van der Waals surface area contributed by atoms with Crippen molar-refractivity contribution in [3.05, 3.63) is 150 Å². The second kappa shape index (κ2) is 12.3. The molecule has 0 saturated carbocycles. The van der Waals surface area contributed by atoms with Gasteiger partial charge in [-0.2, -0.15) is 4.72 Å². The van der Waals surface area contributed by atoms with Crippen molar-refractivity contribution < 1.29 is 27.1 Å². The molecule has 1 heterocycles. The van der Waals surface area contributed by atoms with Crippen molar-refractivity contribution in [1.29, 1.82) is 0 Å². The summed E-state index contributed by atoms with van der Waals surface area (Å²) in [6.07, 6.45) is 0.538. The number of sulfonamides is 1. The SMILES string of the molecule is O=C(O)C(Cc1ccccc1)NS(=O)(=O)c1ccc(-c2ccc(-c3c(Cc4ccccc4)oc4ccccc34)cc2)cc1F. The summed E-state index contributed by atoms with van der Waals surface area (Å²) in [6, 6.07) is 36.5. The molecule has 220 valence electrons. The fraction of sp³-hybridized carbons (Fsp3) is 0.0833. The second-order valence-corrected chi connectivity index (χ2v) is 12.2. The van der Waals surface area contributed by atoms with Gasteiger partial charge in [0.2, 0.25) is 10.0 Å². The third-order valence-corrected chi connectivity index (χ3v) is 8.99. The van der Waals surface area contributed by atoms with Gasteiger partial charge in [0.1, 0.15) is 28.1 Å². The number of para-hydroxylation sites is 1. The smallest absolute Gasteiger partial charge is 0.322 e. The highest BCUT2D eigenvalue weighted by Gasteiger charge is 2.28. The number of fused-ring (bicyclic) bond motifs is 1. The summed E-state index contributed by atoms with van der Waals surface area (Å²) in [7, 11) is -4.46. The van der Waals surface area contributed by atoms with Gasteiger partial charge < -0.3 is 9.52 Å². The molecular formula is C36H28FNO5S. The third kappa shape index (κ3) is 6.17. The van der Waals surface area contributed by atoms with Crippen LogP contribution in [0.5, 0.6) is 0 Å². The summed E-state index contributed by atoms with van der Waals surface area (Å²) in [6.45, 7) is 0. The van der Waals surface area contributed by atoms with Gasteiger partial charge >= 0.3 is 5.97 Å². The molecule has 0 aliphatic carbocycles. The topological polar surface area (TPSA) is 96.6 Å². The van der Waals surface area contributed by atoms with Gasteiger partial charge in [-0.3, -0.25) is 4.79 Å². The van der Waals surface area contributed by atoms with E-state index < -0.39 is 32.7 Å². The van der Waals surface area contributed by atoms with Crippen molar-refractivity contribution in [3.63, 3.8) is 0 Å². The molecule has 0 radical (unpaired) electrons. The van der Waals surface area contributed by atoms with Gasteiger partial charge in [-0.15, -0.1) is 0 Å². The number of hydrogen-bond donors (Lipinski definition) is 2. The molecule has 6 nitrogen and oxygen atoms in total. The van der Waals surface area contributed by atoms with Crippen molar-refractivity contribution in [1.82, 2.24) is 4.72 Å². The van der Waals surface area contributed by atoms with Crippen molar-refractivity contribution in [2.45, 2.75) is 23.8 Å². The monoisotopic (exact) mass is 605 g/mol. The van der Waals surface area contributed by atoms with Crippen LogP contribution in [0.2, 0.25) is 0 Å². The van der Waals surface area contributed by atoms with Crippen LogP contribution in [0.1, 0.15) is 16.9 Å². The first-order valence-corrected chi connectivity index (χ1v) is 15.5. The first kappa shape index (κ1) is 29.0. The van der Waals surface area contributed by atoms with Gasteiger partial charge in [0.05, 0.1) is 0 Å². The van der Waals surface area contributed by atoms with Crippen LogP contribution in [0, 0.1) is 5.82 Å². The Kier molecular flexibility index (Phi) is 8.11. The van der Waals surface area contributed by atoms with Crippen LogP contribution in [-0.2, 0) is 27.7 Å². The van der Waals surface area contributed by atoms with Crippen LogP contribution in [0.3, 0.4) is 0 Å². The lowest BCUT2D eigenvalue weighted by molar-refractivity contribution is -0.138. The largest absolute Gasteiger partial charge is 0.480 e. The van der Waals surface area contributed by atoms with Gasteiger partial charge in [0, 0.05) is 17.4 Å². The molecule has 0 bridgehead atoms. The maximum Gasteiger partial charge on any atom is 0.322 e. The highest BCUT2D eigenvalue weighted by molar-refractivity contribution is 7.89. The lowest BCUT2D eigenvalue weighted by atomic mass is 9.96. The molecule has 2 N–H and O–H groups in total. The third-order valence-electron chi connectivity index (χ3n) is 7.48. The number of hydrogen-bond acceptors (Lipinski definition) is 4. The van der Waals surface area contributed by atoms with E-state index in [1.54, 1.807) is 30.3 Å². The Labute approximate surface area is 254 Å². The molecular weight excluding hydrogens is 577 g/mol. The Balaban J connectivity index is 1.26. The standard InChI is InChI=1S/C36H28FNO5S/c37-30-23-28(19-20-34(30)44(41,42)38-31(36(39)40)21-24-9-3-1-4-10-24)26-15-17-27(18-16-26)35-29-13-7-8-14-32(29)43-33(35)22-25-11-5-2-6-12-25/h1-20,23,31,38H,21-22H2,(H,39,40). The number of furan rings is 1. The van der Waals surface area contributed by atoms with E-state index in [0.717, 1.165) is 45.6 Å². The number of rotatable bonds is 10. The number of carboxylic acid groups (broad SMARTS) is 1. The van der Waals surface area contributed by atoms with E-state index in [0.29, 0.717) is 23.1 Å². The average molecular weight is 606 g/mol. The molecule has 0 aliphatic heterocycles. The van der Waals surface area contributed by atoms with Crippen molar-refractivity contribution in [2.24, 2.45) is 0 Å². The Morgan fingerprint density at radius 1 is 0.750 bits per heavy atom. The van der Waals surface area contributed by atoms with Crippen LogP contribution >= 0.6 is 0 Å². The van der Waals surface area contributed by atoms with Crippen LogP contribution in [0.4, 0.5) is 4.39 Å². The van der Waals surface area contributed by atoms with Gasteiger partial charge in [-0.05, 0) is 52.4 Å². The highest BCUT2D eigenvalue weighted by Crippen LogP contribution is 2.37. The van der Waals surface area contributed by atoms with Crippen LogP contribution in [0.15, 0.2) is 137 Å². The van der Waals surface area contributed by atoms with Crippen LogP contribution in [-0.4, -0.2) is 25.5 Å². The maximum absolute atomic E-state index is 15.3. The van der Waals surface area contributed by atoms with E-state index >= 15 is 4.39 Å². The van der Waals surface area contributed by atoms with E-state index in [4.69, 9.17) is 4.42 Å². The molecule has 0 saturated heterocycles. The lowest BCUT2D eigenvalue weighted by Crippen LogP contribution is -2.42. The van der Waals surface area contributed by atoms with Crippen molar-refractivity contribution in [2.75, 3.05) is 0 Å². The number of aliphatic carboxylic acids is 1. The number of carboxylic acids is 1. The van der Waals surface area contributed by atoms with E-state index in [-0.39, 0.29) is 6.42 Å². The Hall–Kier alpha value is -5.05. The van der Waals surface area contributed by atoms with Gasteiger partial charge in [-0.1, -0.05) is 109 Å². The highest BCUT2D eigenvalue weighted by atomic mass is 32.2. The first-order valence-electron chi connectivity index (χ1n) is 14.0. The summed E-state index contributed by atoms with van der Waals surface area (Å²) in [5, 5.41) is 10.6. The maximum atomic E-state index is 15.3. The summed E-state index contributed by atoms with van der Waals surface area (Å²) in [5.41, 5.74) is 5.64. The number of nitrogens with one attached hydrogen (secondary N) is 1. The normalized spacial score (nSPS) is 12.3. The molecule has 1 atom stereocenters. The zero-order valence-electron chi connectivity index (χ0n) is 23.5. The molecule has 6 rings (SSSR count). The number of benzene rings is 5. The quantitative estimate of drug-likeness (QED) is 0.169. The minimum atomic E-state index is -4.46. The summed E-state index contributed by atoms with van der Waals surface area (Å²) >= 11 is 0. The predicted molar refractivity (Wildman–Crippen MR) is 168 cm³/mol. The van der Waals surface area contributed by atoms with Gasteiger partial charge in [0.15, 0.2) is 0 Å². The number of carbonyl (C=O) groups is 1. The molecule has 0 fully saturated rings. The fourth-order valence-electron chi connectivity index (χ4n) is 5.33. The molecule has 0 aliphatic rings. The molecule has 1 aromatic heterocycles. The Morgan fingerprint density at radius 3 is 2.00 bits per heavy atom. The summed E-state index contributed by atoms with van der Waals surface area (Å²) in [4.78, 5) is 11.2. The molecule has 6 aromatic rings. The average Bonchev–Trinajstić information content (AvgIpc) is 3.39. The van der Waals surface area contributed by atoms with Crippen molar-refractivity contribution >= 4 is 27.0 Å². The summed E-state index contributed by atoms with van der Waals surface area (Å²) < 4.78 is 49.7. The minimum absolute atomic E-state index is 0.0829. The molecule has 44 heavy (non-hydrogen) atoms.